The number of para-hydroxylation sites is 1. The molecule has 0 N–H and O–H groups in total. The van der Waals surface area contributed by atoms with Crippen LogP contribution in [-0.2, 0) is 0 Å². The Bertz CT molecular complexity index is 2370. The summed E-state index contributed by atoms with van der Waals surface area (Å²) in [6, 6.07) is 34.0. The van der Waals surface area contributed by atoms with Crippen LogP contribution in [0, 0.1) is 20.8 Å². The second-order valence-corrected chi connectivity index (χ2v) is 12.1. The molecule has 4 aromatic carbocycles. The zero-order chi connectivity index (χ0) is 30.1. The summed E-state index contributed by atoms with van der Waals surface area (Å²) in [6.45, 7) is 10.7. The van der Waals surface area contributed by atoms with E-state index >= 15 is 0 Å². The maximum absolute atomic E-state index is 6.64. The fourth-order valence-electron chi connectivity index (χ4n) is 6.49. The maximum atomic E-state index is 6.64. The van der Waals surface area contributed by atoms with Gasteiger partial charge in [0.15, 0.2) is 0 Å². The first-order valence-corrected chi connectivity index (χ1v) is 15.2. The summed E-state index contributed by atoms with van der Waals surface area (Å²) in [7, 11) is 0. The maximum Gasteiger partial charge on any atom is 0.227 e. The molecular formula is C39H32N4O. The zero-order valence-electron chi connectivity index (χ0n) is 25.5. The molecular weight excluding hydrogens is 540 g/mol. The molecule has 0 atom stereocenters. The van der Waals surface area contributed by atoms with Crippen molar-refractivity contribution in [2.45, 2.75) is 40.5 Å². The Kier molecular flexibility index (Phi) is 5.92. The Morgan fingerprint density at radius 2 is 1.43 bits per heavy atom. The lowest BCUT2D eigenvalue weighted by molar-refractivity contribution is 0.655. The van der Waals surface area contributed by atoms with Crippen LogP contribution in [0.4, 0.5) is 0 Å². The summed E-state index contributed by atoms with van der Waals surface area (Å²) in [5.74, 6) is 1.26. The van der Waals surface area contributed by atoms with Gasteiger partial charge in [0.25, 0.3) is 0 Å². The molecule has 0 saturated carbocycles. The Hall–Kier alpha value is -5.29. The summed E-state index contributed by atoms with van der Waals surface area (Å²) in [4.78, 5) is 15.3. The molecule has 5 heteroatoms. The molecule has 0 fully saturated rings. The average Bonchev–Trinajstić information content (AvgIpc) is 3.60. The minimum atomic E-state index is 0.443. The highest BCUT2D eigenvalue weighted by Gasteiger charge is 2.22. The minimum Gasteiger partial charge on any atom is -0.437 e. The lowest BCUT2D eigenvalue weighted by Gasteiger charge is -2.13. The van der Waals surface area contributed by atoms with E-state index in [-0.39, 0.29) is 0 Å². The highest BCUT2D eigenvalue weighted by Crippen LogP contribution is 2.39. The number of imidazole rings is 1. The van der Waals surface area contributed by atoms with Gasteiger partial charge in [-0.05, 0) is 85.8 Å². The van der Waals surface area contributed by atoms with E-state index in [2.05, 4.69) is 129 Å². The molecule has 4 aromatic heterocycles. The Morgan fingerprint density at radius 1 is 0.682 bits per heavy atom. The van der Waals surface area contributed by atoms with Gasteiger partial charge >= 0.3 is 0 Å². The van der Waals surface area contributed by atoms with Crippen LogP contribution < -0.4 is 0 Å². The van der Waals surface area contributed by atoms with Gasteiger partial charge in [-0.15, -0.1) is 0 Å². The molecule has 4 heterocycles. The third-order valence-electron chi connectivity index (χ3n) is 8.78. The first kappa shape index (κ1) is 26.3. The summed E-state index contributed by atoms with van der Waals surface area (Å²) in [5.41, 5.74) is 12.9. The summed E-state index contributed by atoms with van der Waals surface area (Å²) < 4.78 is 8.89. The first-order valence-electron chi connectivity index (χ1n) is 15.2. The lowest BCUT2D eigenvalue weighted by Crippen LogP contribution is -2.00. The summed E-state index contributed by atoms with van der Waals surface area (Å²) >= 11 is 0. The number of nitrogens with zero attached hydrogens (tertiary/aromatic N) is 4. The van der Waals surface area contributed by atoms with E-state index in [1.54, 1.807) is 0 Å². The normalized spacial score (nSPS) is 12.0. The van der Waals surface area contributed by atoms with Crippen molar-refractivity contribution in [3.63, 3.8) is 0 Å². The molecule has 0 unspecified atom stereocenters. The Morgan fingerprint density at radius 3 is 2.20 bits per heavy atom. The van der Waals surface area contributed by atoms with Gasteiger partial charge in [-0.3, -0.25) is 9.55 Å². The quantitative estimate of drug-likeness (QED) is 0.210. The van der Waals surface area contributed by atoms with Crippen molar-refractivity contribution in [1.29, 1.82) is 0 Å². The number of pyridine rings is 2. The molecule has 0 radical (unpaired) electrons. The van der Waals surface area contributed by atoms with Crippen LogP contribution >= 0.6 is 0 Å². The van der Waals surface area contributed by atoms with Gasteiger partial charge in [-0.1, -0.05) is 68.4 Å². The highest BCUT2D eigenvalue weighted by atomic mass is 16.3. The van der Waals surface area contributed by atoms with E-state index in [0.717, 1.165) is 72.3 Å². The van der Waals surface area contributed by atoms with E-state index < -0.39 is 0 Å². The number of rotatable bonds is 4. The van der Waals surface area contributed by atoms with Gasteiger partial charge in [0.2, 0.25) is 5.71 Å². The van der Waals surface area contributed by atoms with Gasteiger partial charge in [0, 0.05) is 33.1 Å². The number of furan rings is 1. The molecule has 0 bridgehead atoms. The predicted octanol–water partition coefficient (Wildman–Crippen LogP) is 10.3. The van der Waals surface area contributed by atoms with E-state index in [9.17, 15) is 0 Å². The minimum absolute atomic E-state index is 0.443. The van der Waals surface area contributed by atoms with Crippen molar-refractivity contribution in [2.24, 2.45) is 0 Å². The van der Waals surface area contributed by atoms with E-state index in [0.29, 0.717) is 11.6 Å². The second kappa shape index (κ2) is 9.88. The molecule has 214 valence electrons. The fraction of sp³-hybridized carbons (Fsp3) is 0.154. The predicted molar refractivity (Wildman–Crippen MR) is 181 cm³/mol. The van der Waals surface area contributed by atoms with Crippen LogP contribution in [0.1, 0.15) is 42.1 Å². The summed E-state index contributed by atoms with van der Waals surface area (Å²) in [6.07, 6.45) is 0. The van der Waals surface area contributed by atoms with Gasteiger partial charge in [0.05, 0.1) is 27.8 Å². The number of fused-ring (bicyclic) bond motifs is 6. The fourth-order valence-corrected chi connectivity index (χ4v) is 6.49. The SMILES string of the molecule is Cc1ccc2ccc3nc(-c4cccc5c4oc4nc(-c6c(C)cccc6C)ccc45)n(-c4ccc(C(C)C)cc4)c3c2n1. The Labute approximate surface area is 255 Å². The molecule has 0 aliphatic heterocycles. The van der Waals surface area contributed by atoms with Gasteiger partial charge in [0.1, 0.15) is 11.4 Å². The van der Waals surface area contributed by atoms with Crippen LogP contribution in [0.5, 0.6) is 0 Å². The van der Waals surface area contributed by atoms with Crippen molar-refractivity contribution in [3.8, 4) is 28.3 Å². The van der Waals surface area contributed by atoms with Crippen molar-refractivity contribution in [3.05, 3.63) is 119 Å². The van der Waals surface area contributed by atoms with E-state index in [1.165, 1.54) is 16.7 Å². The largest absolute Gasteiger partial charge is 0.437 e. The topological polar surface area (TPSA) is 56.7 Å². The number of benzene rings is 4. The number of aromatic nitrogens is 4. The lowest BCUT2D eigenvalue weighted by atomic mass is 9.99. The number of hydrogen-bond acceptors (Lipinski definition) is 4. The van der Waals surface area contributed by atoms with Crippen molar-refractivity contribution in [2.75, 3.05) is 0 Å². The monoisotopic (exact) mass is 572 g/mol. The van der Waals surface area contributed by atoms with Crippen LogP contribution in [0.25, 0.3) is 72.3 Å². The second-order valence-electron chi connectivity index (χ2n) is 12.1. The number of hydrogen-bond donors (Lipinski definition) is 0. The van der Waals surface area contributed by atoms with Gasteiger partial charge < -0.3 is 4.42 Å². The first-order chi connectivity index (χ1) is 21.4. The van der Waals surface area contributed by atoms with Gasteiger partial charge in [-0.25, -0.2) is 9.97 Å². The van der Waals surface area contributed by atoms with Crippen LogP contribution in [0.2, 0.25) is 0 Å². The standard InChI is InChI=1S/C39H32N4O/c1-22(2)26-14-17-28(18-15-26)43-36-33(20-16-27-13-12-25(5)40-35(27)36)41-38(43)31-11-7-10-29-30-19-21-32(42-39(30)44-37(29)31)34-23(3)8-6-9-24(34)4/h6-22H,1-5H3. The van der Waals surface area contributed by atoms with Crippen molar-refractivity contribution < 1.29 is 4.42 Å². The third kappa shape index (κ3) is 4.04. The molecule has 0 saturated heterocycles. The molecule has 0 aliphatic rings. The molecule has 8 aromatic rings. The molecule has 0 spiro atoms. The molecule has 0 amide bonds. The molecule has 44 heavy (non-hydrogen) atoms. The van der Waals surface area contributed by atoms with Crippen LogP contribution in [0.3, 0.4) is 0 Å². The molecule has 5 nitrogen and oxygen atoms in total. The average molecular weight is 573 g/mol. The van der Waals surface area contributed by atoms with Gasteiger partial charge in [-0.2, -0.15) is 0 Å². The smallest absolute Gasteiger partial charge is 0.227 e. The van der Waals surface area contributed by atoms with Crippen molar-refractivity contribution >= 4 is 44.0 Å². The van der Waals surface area contributed by atoms with Crippen LogP contribution in [0.15, 0.2) is 101 Å². The molecule has 0 aliphatic carbocycles. The highest BCUT2D eigenvalue weighted by molar-refractivity contribution is 6.10. The third-order valence-corrected chi connectivity index (χ3v) is 8.78. The summed E-state index contributed by atoms with van der Waals surface area (Å²) in [5, 5.41) is 3.09. The van der Waals surface area contributed by atoms with Crippen LogP contribution in [-0.4, -0.2) is 19.5 Å². The Balaban J connectivity index is 1.42. The molecule has 8 rings (SSSR count). The van der Waals surface area contributed by atoms with E-state index in [1.807, 2.05) is 6.92 Å². The number of aryl methyl sites for hydroxylation is 3. The zero-order valence-corrected chi connectivity index (χ0v) is 25.5. The van der Waals surface area contributed by atoms with E-state index in [4.69, 9.17) is 19.4 Å². The van der Waals surface area contributed by atoms with Crippen molar-refractivity contribution in [1.82, 2.24) is 19.5 Å².